The average Bonchev–Trinajstić information content (AvgIpc) is 2.70. The van der Waals surface area contributed by atoms with Gasteiger partial charge in [-0.2, -0.15) is 0 Å². The molecule has 1 aromatic heterocycles. The molecular formula is C24H35NO2. The molecule has 0 atom stereocenters. The zero-order valence-electron chi connectivity index (χ0n) is 16.8. The smallest absolute Gasteiger partial charge is 0.306 e. The Balaban J connectivity index is 1.92. The van der Waals surface area contributed by atoms with E-state index in [0.717, 1.165) is 37.7 Å². The summed E-state index contributed by atoms with van der Waals surface area (Å²) in [6, 6.07) is 3.75. The van der Waals surface area contributed by atoms with Crippen molar-refractivity contribution in [3.8, 4) is 0 Å². The number of rotatable bonds is 15. The number of unbranched alkanes of at least 4 members (excludes halogenated alkanes) is 5. The normalized spacial score (nSPS) is 11.7. The lowest BCUT2D eigenvalue weighted by atomic mass is 10.2. The molecule has 0 aliphatic heterocycles. The zero-order valence-corrected chi connectivity index (χ0v) is 16.8. The molecular weight excluding hydrogens is 334 g/mol. The van der Waals surface area contributed by atoms with Crippen LogP contribution in [-0.2, 0) is 16.1 Å². The SMILES string of the molecule is CCCCC/C=C\C/C=C\CC/C=C\CCCC(=O)OCc1cccnc1. The van der Waals surface area contributed by atoms with Crippen LogP contribution in [0.5, 0.6) is 0 Å². The van der Waals surface area contributed by atoms with E-state index in [1.54, 1.807) is 12.4 Å². The maximum atomic E-state index is 11.7. The van der Waals surface area contributed by atoms with E-state index in [-0.39, 0.29) is 5.97 Å². The molecule has 0 aromatic carbocycles. The lowest BCUT2D eigenvalue weighted by Gasteiger charge is -2.03. The van der Waals surface area contributed by atoms with Crippen molar-refractivity contribution in [3.63, 3.8) is 0 Å². The number of pyridine rings is 1. The number of carbonyl (C=O) groups is 1. The highest BCUT2D eigenvalue weighted by Gasteiger charge is 2.02. The Bertz CT molecular complexity index is 561. The van der Waals surface area contributed by atoms with Crippen molar-refractivity contribution in [1.82, 2.24) is 4.98 Å². The van der Waals surface area contributed by atoms with Gasteiger partial charge >= 0.3 is 5.97 Å². The van der Waals surface area contributed by atoms with E-state index in [9.17, 15) is 4.79 Å². The van der Waals surface area contributed by atoms with Gasteiger partial charge in [0.1, 0.15) is 6.61 Å². The van der Waals surface area contributed by atoms with Crippen LogP contribution in [0.3, 0.4) is 0 Å². The van der Waals surface area contributed by atoms with Gasteiger partial charge in [-0.25, -0.2) is 0 Å². The van der Waals surface area contributed by atoms with Crippen molar-refractivity contribution in [3.05, 3.63) is 66.5 Å². The lowest BCUT2D eigenvalue weighted by molar-refractivity contribution is -0.145. The highest BCUT2D eigenvalue weighted by Crippen LogP contribution is 2.05. The van der Waals surface area contributed by atoms with Crippen LogP contribution < -0.4 is 0 Å². The van der Waals surface area contributed by atoms with E-state index in [1.807, 2.05) is 12.1 Å². The molecule has 0 amide bonds. The number of aromatic nitrogens is 1. The first-order chi connectivity index (χ1) is 13.3. The fourth-order valence-electron chi connectivity index (χ4n) is 2.53. The molecule has 0 aliphatic rings. The van der Waals surface area contributed by atoms with E-state index in [2.05, 4.69) is 48.4 Å². The summed E-state index contributed by atoms with van der Waals surface area (Å²) in [4.78, 5) is 15.7. The van der Waals surface area contributed by atoms with Crippen molar-refractivity contribution in [2.45, 2.75) is 77.7 Å². The number of hydrogen-bond acceptors (Lipinski definition) is 3. The van der Waals surface area contributed by atoms with Crippen LogP contribution in [0.15, 0.2) is 61.0 Å². The molecule has 0 unspecified atom stereocenters. The maximum Gasteiger partial charge on any atom is 0.306 e. The summed E-state index contributed by atoms with van der Waals surface area (Å²) >= 11 is 0. The third-order valence-electron chi connectivity index (χ3n) is 4.12. The second-order valence-corrected chi connectivity index (χ2v) is 6.64. The maximum absolute atomic E-state index is 11.7. The minimum Gasteiger partial charge on any atom is -0.461 e. The van der Waals surface area contributed by atoms with Gasteiger partial charge in [0.05, 0.1) is 0 Å². The Morgan fingerprint density at radius 3 is 2.41 bits per heavy atom. The topological polar surface area (TPSA) is 39.2 Å². The Morgan fingerprint density at radius 2 is 1.67 bits per heavy atom. The molecule has 3 heteroatoms. The molecule has 0 N–H and O–H groups in total. The van der Waals surface area contributed by atoms with Crippen LogP contribution in [-0.4, -0.2) is 11.0 Å². The molecule has 1 rings (SSSR count). The first-order valence-corrected chi connectivity index (χ1v) is 10.3. The molecule has 148 valence electrons. The van der Waals surface area contributed by atoms with Gasteiger partial charge in [-0.3, -0.25) is 9.78 Å². The number of carbonyl (C=O) groups excluding carboxylic acids is 1. The minimum atomic E-state index is -0.141. The summed E-state index contributed by atoms with van der Waals surface area (Å²) in [5.74, 6) is -0.141. The Labute approximate surface area is 165 Å². The largest absolute Gasteiger partial charge is 0.461 e. The average molecular weight is 370 g/mol. The number of ether oxygens (including phenoxy) is 1. The van der Waals surface area contributed by atoms with Crippen molar-refractivity contribution in [2.24, 2.45) is 0 Å². The van der Waals surface area contributed by atoms with Crippen LogP contribution in [0, 0.1) is 0 Å². The van der Waals surface area contributed by atoms with Crippen LogP contribution in [0.2, 0.25) is 0 Å². The van der Waals surface area contributed by atoms with Gasteiger partial charge in [0.15, 0.2) is 0 Å². The quantitative estimate of drug-likeness (QED) is 0.196. The van der Waals surface area contributed by atoms with E-state index < -0.39 is 0 Å². The number of allylic oxidation sites excluding steroid dienone is 6. The van der Waals surface area contributed by atoms with Crippen LogP contribution in [0.25, 0.3) is 0 Å². The van der Waals surface area contributed by atoms with Crippen molar-refractivity contribution in [2.75, 3.05) is 0 Å². The third kappa shape index (κ3) is 14.7. The molecule has 0 saturated carbocycles. The van der Waals surface area contributed by atoms with Crippen LogP contribution in [0.4, 0.5) is 0 Å². The van der Waals surface area contributed by atoms with Crippen LogP contribution >= 0.6 is 0 Å². The van der Waals surface area contributed by atoms with E-state index >= 15 is 0 Å². The second kappa shape index (κ2) is 17.3. The summed E-state index contributed by atoms with van der Waals surface area (Å²) < 4.78 is 5.23. The van der Waals surface area contributed by atoms with Gasteiger partial charge in [-0.15, -0.1) is 0 Å². The van der Waals surface area contributed by atoms with Crippen LogP contribution in [0.1, 0.15) is 76.7 Å². The van der Waals surface area contributed by atoms with Crippen molar-refractivity contribution >= 4 is 5.97 Å². The van der Waals surface area contributed by atoms with Gasteiger partial charge in [0.25, 0.3) is 0 Å². The molecule has 0 spiro atoms. The number of esters is 1. The van der Waals surface area contributed by atoms with Crippen molar-refractivity contribution < 1.29 is 9.53 Å². The summed E-state index contributed by atoms with van der Waals surface area (Å²) in [5.41, 5.74) is 0.922. The molecule has 3 nitrogen and oxygen atoms in total. The first-order valence-electron chi connectivity index (χ1n) is 10.3. The summed E-state index contributed by atoms with van der Waals surface area (Å²) in [7, 11) is 0. The predicted molar refractivity (Wildman–Crippen MR) is 113 cm³/mol. The zero-order chi connectivity index (χ0) is 19.4. The monoisotopic (exact) mass is 369 g/mol. The predicted octanol–water partition coefficient (Wildman–Crippen LogP) is 6.71. The summed E-state index contributed by atoms with van der Waals surface area (Å²) in [5, 5.41) is 0. The van der Waals surface area contributed by atoms with E-state index in [4.69, 9.17) is 4.74 Å². The first kappa shape index (κ1) is 22.9. The fourth-order valence-corrected chi connectivity index (χ4v) is 2.53. The molecule has 27 heavy (non-hydrogen) atoms. The minimum absolute atomic E-state index is 0.141. The summed E-state index contributed by atoms with van der Waals surface area (Å²) in [6.45, 7) is 2.54. The molecule has 0 radical (unpaired) electrons. The van der Waals surface area contributed by atoms with Gasteiger partial charge in [-0.05, 0) is 51.0 Å². The Hall–Kier alpha value is -2.16. The molecule has 0 saturated heterocycles. The van der Waals surface area contributed by atoms with Crippen molar-refractivity contribution in [1.29, 1.82) is 0 Å². The van der Waals surface area contributed by atoms with Gasteiger partial charge in [0.2, 0.25) is 0 Å². The second-order valence-electron chi connectivity index (χ2n) is 6.64. The van der Waals surface area contributed by atoms with Gasteiger partial charge in [-0.1, -0.05) is 62.3 Å². The standard InChI is InChI=1S/C24H35NO2/c1-2-3-4-5-6-7-8-9-10-11-12-13-14-15-16-19-24(26)27-22-23-18-17-20-25-21-23/h6-7,9-10,13-14,17-18,20-21H,2-5,8,11-12,15-16,19,22H2,1H3/b7-6-,10-9-,14-13-. The molecule has 1 heterocycles. The number of nitrogens with zero attached hydrogens (tertiary/aromatic N) is 1. The van der Waals surface area contributed by atoms with Gasteiger partial charge < -0.3 is 4.74 Å². The third-order valence-corrected chi connectivity index (χ3v) is 4.12. The van der Waals surface area contributed by atoms with Gasteiger partial charge in [0, 0.05) is 24.4 Å². The van der Waals surface area contributed by atoms with E-state index in [1.165, 1.54) is 25.7 Å². The highest BCUT2D eigenvalue weighted by molar-refractivity contribution is 5.69. The molecule has 0 aliphatic carbocycles. The van der Waals surface area contributed by atoms with E-state index in [0.29, 0.717) is 13.0 Å². The molecule has 1 aromatic rings. The molecule has 0 bridgehead atoms. The highest BCUT2D eigenvalue weighted by atomic mass is 16.5. The fraction of sp³-hybridized carbons (Fsp3) is 0.500. The Morgan fingerprint density at radius 1 is 0.963 bits per heavy atom. The number of hydrogen-bond donors (Lipinski definition) is 0. The summed E-state index contributed by atoms with van der Waals surface area (Å²) in [6.07, 6.45) is 27.4. The molecule has 0 fully saturated rings. The Kier molecular flexibility index (Phi) is 14.6. The lowest BCUT2D eigenvalue weighted by Crippen LogP contribution is -2.04.